The van der Waals surface area contributed by atoms with Gasteiger partial charge < -0.3 is 10.0 Å². The molecular formula is C14H26N2O2. The summed E-state index contributed by atoms with van der Waals surface area (Å²) in [7, 11) is 0. The number of carbonyl (C=O) groups excluding carboxylic acids is 1. The first-order valence-corrected chi connectivity index (χ1v) is 7.35. The second-order valence-corrected chi connectivity index (χ2v) is 5.78. The number of piperidine rings is 2. The van der Waals surface area contributed by atoms with Crippen molar-refractivity contribution in [3.63, 3.8) is 0 Å². The summed E-state index contributed by atoms with van der Waals surface area (Å²) in [5.74, 6) is 0.750. The highest BCUT2D eigenvalue weighted by atomic mass is 16.3. The molecule has 2 aliphatic heterocycles. The SMILES string of the molecule is CC1CCCN(CC(=O)N2CCCCC2)C1CO. The Bertz CT molecular complexity index is 277. The van der Waals surface area contributed by atoms with Gasteiger partial charge in [0, 0.05) is 19.1 Å². The van der Waals surface area contributed by atoms with Crippen LogP contribution in [0.5, 0.6) is 0 Å². The molecule has 0 aromatic rings. The summed E-state index contributed by atoms with van der Waals surface area (Å²) in [5, 5.41) is 9.49. The molecule has 0 bridgehead atoms. The van der Waals surface area contributed by atoms with Gasteiger partial charge >= 0.3 is 0 Å². The third-order valence-electron chi connectivity index (χ3n) is 4.46. The van der Waals surface area contributed by atoms with E-state index in [1.807, 2.05) is 4.90 Å². The minimum atomic E-state index is 0.174. The van der Waals surface area contributed by atoms with E-state index in [2.05, 4.69) is 11.8 Å². The molecule has 4 nitrogen and oxygen atoms in total. The lowest BCUT2D eigenvalue weighted by atomic mass is 9.91. The fraction of sp³-hybridized carbons (Fsp3) is 0.929. The van der Waals surface area contributed by atoms with Gasteiger partial charge in [-0.15, -0.1) is 0 Å². The van der Waals surface area contributed by atoms with Gasteiger partial charge in [-0.25, -0.2) is 0 Å². The summed E-state index contributed by atoms with van der Waals surface area (Å²) >= 11 is 0. The highest BCUT2D eigenvalue weighted by Crippen LogP contribution is 2.23. The van der Waals surface area contributed by atoms with Gasteiger partial charge in [-0.2, -0.15) is 0 Å². The van der Waals surface area contributed by atoms with Crippen LogP contribution in [0.1, 0.15) is 39.0 Å². The number of amides is 1. The van der Waals surface area contributed by atoms with Crippen LogP contribution < -0.4 is 0 Å². The lowest BCUT2D eigenvalue weighted by Gasteiger charge is -2.39. The molecular weight excluding hydrogens is 228 g/mol. The predicted octanol–water partition coefficient (Wildman–Crippen LogP) is 1.09. The number of rotatable bonds is 3. The van der Waals surface area contributed by atoms with Crippen LogP contribution in [0.4, 0.5) is 0 Å². The van der Waals surface area contributed by atoms with Crippen molar-refractivity contribution in [3.05, 3.63) is 0 Å². The van der Waals surface area contributed by atoms with E-state index >= 15 is 0 Å². The second kappa shape index (κ2) is 6.53. The summed E-state index contributed by atoms with van der Waals surface area (Å²) in [6.07, 6.45) is 5.85. The van der Waals surface area contributed by atoms with Gasteiger partial charge in [0.2, 0.25) is 5.91 Å². The fourth-order valence-corrected chi connectivity index (χ4v) is 3.24. The van der Waals surface area contributed by atoms with Crippen LogP contribution in [-0.2, 0) is 4.79 Å². The third-order valence-corrected chi connectivity index (χ3v) is 4.46. The number of nitrogens with zero attached hydrogens (tertiary/aromatic N) is 2. The van der Waals surface area contributed by atoms with E-state index in [1.165, 1.54) is 12.8 Å². The maximum Gasteiger partial charge on any atom is 0.236 e. The summed E-state index contributed by atoms with van der Waals surface area (Å²) in [6.45, 7) is 5.65. The Balaban J connectivity index is 1.88. The number of carbonyl (C=O) groups is 1. The first-order chi connectivity index (χ1) is 8.72. The minimum absolute atomic E-state index is 0.174. The van der Waals surface area contributed by atoms with Crippen molar-refractivity contribution in [1.82, 2.24) is 9.80 Å². The van der Waals surface area contributed by atoms with Gasteiger partial charge in [-0.3, -0.25) is 9.69 Å². The van der Waals surface area contributed by atoms with Crippen molar-refractivity contribution in [3.8, 4) is 0 Å². The quantitative estimate of drug-likeness (QED) is 0.820. The highest BCUT2D eigenvalue weighted by Gasteiger charge is 2.30. The average molecular weight is 254 g/mol. The molecule has 2 rings (SSSR count). The van der Waals surface area contributed by atoms with Crippen LogP contribution in [0.3, 0.4) is 0 Å². The molecule has 0 aliphatic carbocycles. The van der Waals surface area contributed by atoms with Crippen molar-refractivity contribution in [2.45, 2.75) is 45.1 Å². The summed E-state index contributed by atoms with van der Waals surface area (Å²) in [4.78, 5) is 16.4. The molecule has 104 valence electrons. The molecule has 2 fully saturated rings. The molecule has 2 aliphatic rings. The second-order valence-electron chi connectivity index (χ2n) is 5.78. The highest BCUT2D eigenvalue weighted by molar-refractivity contribution is 5.78. The van der Waals surface area contributed by atoms with Gasteiger partial charge in [0.15, 0.2) is 0 Å². The van der Waals surface area contributed by atoms with Gasteiger partial charge in [0.05, 0.1) is 13.2 Å². The van der Waals surface area contributed by atoms with E-state index < -0.39 is 0 Å². The smallest absolute Gasteiger partial charge is 0.236 e. The van der Waals surface area contributed by atoms with E-state index in [0.717, 1.165) is 38.9 Å². The fourth-order valence-electron chi connectivity index (χ4n) is 3.24. The summed E-state index contributed by atoms with van der Waals surface area (Å²) < 4.78 is 0. The van der Waals surface area contributed by atoms with E-state index in [1.54, 1.807) is 0 Å². The lowest BCUT2D eigenvalue weighted by Crippen LogP contribution is -2.51. The molecule has 0 aromatic heterocycles. The lowest BCUT2D eigenvalue weighted by molar-refractivity contribution is -0.135. The molecule has 2 heterocycles. The van der Waals surface area contributed by atoms with E-state index in [-0.39, 0.29) is 18.6 Å². The Morgan fingerprint density at radius 2 is 1.89 bits per heavy atom. The number of aliphatic hydroxyl groups excluding tert-OH is 1. The standard InChI is InChI=1S/C14H26N2O2/c1-12-6-5-9-16(13(12)11-17)10-14(18)15-7-3-2-4-8-15/h12-13,17H,2-11H2,1H3. The maximum absolute atomic E-state index is 12.2. The Morgan fingerprint density at radius 3 is 2.56 bits per heavy atom. The zero-order valence-electron chi connectivity index (χ0n) is 11.5. The Labute approximate surface area is 110 Å². The molecule has 1 N–H and O–H groups in total. The predicted molar refractivity (Wildman–Crippen MR) is 71.3 cm³/mol. The number of likely N-dealkylation sites (tertiary alicyclic amines) is 2. The molecule has 0 spiro atoms. The molecule has 0 saturated carbocycles. The van der Waals surface area contributed by atoms with Crippen molar-refractivity contribution < 1.29 is 9.90 Å². The molecule has 18 heavy (non-hydrogen) atoms. The molecule has 4 heteroatoms. The van der Waals surface area contributed by atoms with Crippen LogP contribution >= 0.6 is 0 Å². The largest absolute Gasteiger partial charge is 0.395 e. The molecule has 0 radical (unpaired) electrons. The molecule has 0 aromatic carbocycles. The van der Waals surface area contributed by atoms with E-state index in [4.69, 9.17) is 0 Å². The monoisotopic (exact) mass is 254 g/mol. The van der Waals surface area contributed by atoms with Crippen LogP contribution in [0.25, 0.3) is 0 Å². The zero-order valence-corrected chi connectivity index (χ0v) is 11.5. The van der Waals surface area contributed by atoms with Crippen LogP contribution in [-0.4, -0.2) is 59.6 Å². The number of hydrogen-bond donors (Lipinski definition) is 1. The third kappa shape index (κ3) is 3.23. The van der Waals surface area contributed by atoms with Crippen LogP contribution in [0, 0.1) is 5.92 Å². The zero-order chi connectivity index (χ0) is 13.0. The van der Waals surface area contributed by atoms with Crippen LogP contribution in [0.15, 0.2) is 0 Å². The molecule has 2 atom stereocenters. The van der Waals surface area contributed by atoms with Crippen molar-refractivity contribution >= 4 is 5.91 Å². The molecule has 2 saturated heterocycles. The molecule has 1 amide bonds. The maximum atomic E-state index is 12.2. The first-order valence-electron chi connectivity index (χ1n) is 7.35. The van der Waals surface area contributed by atoms with E-state index in [0.29, 0.717) is 12.5 Å². The Kier molecular flexibility index (Phi) is 5.01. The van der Waals surface area contributed by atoms with Gasteiger partial charge in [0.25, 0.3) is 0 Å². The number of aliphatic hydroxyl groups is 1. The number of hydrogen-bond acceptors (Lipinski definition) is 3. The summed E-state index contributed by atoms with van der Waals surface area (Å²) in [5.41, 5.74) is 0. The Morgan fingerprint density at radius 1 is 1.17 bits per heavy atom. The average Bonchev–Trinajstić information content (AvgIpc) is 2.40. The van der Waals surface area contributed by atoms with Crippen molar-refractivity contribution in [2.24, 2.45) is 5.92 Å². The Hall–Kier alpha value is -0.610. The van der Waals surface area contributed by atoms with Crippen molar-refractivity contribution in [2.75, 3.05) is 32.8 Å². The van der Waals surface area contributed by atoms with Crippen molar-refractivity contribution in [1.29, 1.82) is 0 Å². The van der Waals surface area contributed by atoms with E-state index in [9.17, 15) is 9.90 Å². The normalized spacial score (nSPS) is 30.4. The first kappa shape index (κ1) is 13.8. The van der Waals surface area contributed by atoms with Gasteiger partial charge in [-0.1, -0.05) is 6.92 Å². The van der Waals surface area contributed by atoms with Gasteiger partial charge in [-0.05, 0) is 44.6 Å². The van der Waals surface area contributed by atoms with Gasteiger partial charge in [0.1, 0.15) is 0 Å². The minimum Gasteiger partial charge on any atom is -0.395 e. The summed E-state index contributed by atoms with van der Waals surface area (Å²) in [6, 6.07) is 0.174. The topological polar surface area (TPSA) is 43.8 Å². The van der Waals surface area contributed by atoms with Crippen LogP contribution in [0.2, 0.25) is 0 Å². The molecule has 2 unspecified atom stereocenters.